The van der Waals surface area contributed by atoms with Gasteiger partial charge in [0, 0.05) is 18.6 Å². The van der Waals surface area contributed by atoms with Gasteiger partial charge in [-0.2, -0.15) is 0 Å². The highest BCUT2D eigenvalue weighted by Gasteiger charge is 2.31. The zero-order valence-electron chi connectivity index (χ0n) is 10.8. The highest BCUT2D eigenvalue weighted by molar-refractivity contribution is 5.68. The van der Waals surface area contributed by atoms with E-state index in [1.54, 1.807) is 0 Å². The van der Waals surface area contributed by atoms with E-state index >= 15 is 0 Å². The Labute approximate surface area is 98.1 Å². The lowest BCUT2D eigenvalue weighted by Gasteiger charge is -2.38. The second-order valence-corrected chi connectivity index (χ2v) is 5.52. The molecule has 0 spiro atoms. The van der Waals surface area contributed by atoms with Crippen molar-refractivity contribution >= 4 is 6.09 Å². The largest absolute Gasteiger partial charge is 0.444 e. The number of carbonyl (C=O) groups is 1. The molecule has 1 aliphatic rings. The van der Waals surface area contributed by atoms with Crippen LogP contribution in [0, 0.1) is 0 Å². The molecule has 1 heterocycles. The second-order valence-electron chi connectivity index (χ2n) is 5.52. The normalized spacial score (nSPS) is 26.7. The topological polar surface area (TPSA) is 55.6 Å². The molecular formula is C12H24N2O2. The van der Waals surface area contributed by atoms with E-state index in [2.05, 4.69) is 6.92 Å². The number of ether oxygens (including phenoxy) is 1. The minimum atomic E-state index is -0.422. The average molecular weight is 228 g/mol. The molecule has 2 atom stereocenters. The smallest absolute Gasteiger partial charge is 0.410 e. The summed E-state index contributed by atoms with van der Waals surface area (Å²) in [6.45, 7) is 8.47. The van der Waals surface area contributed by atoms with Crippen LogP contribution >= 0.6 is 0 Å². The highest BCUT2D eigenvalue weighted by atomic mass is 16.6. The molecule has 16 heavy (non-hydrogen) atoms. The van der Waals surface area contributed by atoms with Gasteiger partial charge >= 0.3 is 6.09 Å². The van der Waals surface area contributed by atoms with Crippen LogP contribution in [0.5, 0.6) is 0 Å². The number of piperidine rings is 1. The third-order valence-electron chi connectivity index (χ3n) is 2.86. The van der Waals surface area contributed by atoms with Crippen molar-refractivity contribution in [2.75, 3.05) is 6.54 Å². The van der Waals surface area contributed by atoms with Gasteiger partial charge in [0.25, 0.3) is 0 Å². The number of nitrogens with zero attached hydrogens (tertiary/aromatic N) is 1. The van der Waals surface area contributed by atoms with Gasteiger partial charge in [-0.1, -0.05) is 6.92 Å². The Morgan fingerprint density at radius 1 is 1.50 bits per heavy atom. The summed E-state index contributed by atoms with van der Waals surface area (Å²) in [6, 6.07) is 0.460. The minimum Gasteiger partial charge on any atom is -0.444 e. The maximum absolute atomic E-state index is 12.0. The molecule has 1 rings (SSSR count). The first kappa shape index (κ1) is 13.3. The van der Waals surface area contributed by atoms with E-state index in [0.717, 1.165) is 19.3 Å². The standard InChI is InChI=1S/C12H24N2O2/c1-5-10-8-9(13)6-7-14(10)11(15)16-12(2,3)4/h9-10H,5-8,13H2,1-4H3/t9?,10-/m1/s1. The molecule has 2 N–H and O–H groups in total. The Morgan fingerprint density at radius 3 is 2.62 bits per heavy atom. The molecule has 0 aliphatic carbocycles. The van der Waals surface area contributed by atoms with Crippen molar-refractivity contribution < 1.29 is 9.53 Å². The van der Waals surface area contributed by atoms with Gasteiger partial charge < -0.3 is 15.4 Å². The van der Waals surface area contributed by atoms with Crippen molar-refractivity contribution in [2.24, 2.45) is 5.73 Å². The summed E-state index contributed by atoms with van der Waals surface area (Å²) >= 11 is 0. The fourth-order valence-electron chi connectivity index (χ4n) is 2.03. The third-order valence-corrected chi connectivity index (χ3v) is 2.86. The third kappa shape index (κ3) is 3.67. The number of nitrogens with two attached hydrogens (primary N) is 1. The molecule has 1 saturated heterocycles. The number of amides is 1. The van der Waals surface area contributed by atoms with Crippen LogP contribution in [0.1, 0.15) is 47.0 Å². The number of hydrogen-bond donors (Lipinski definition) is 1. The van der Waals surface area contributed by atoms with Crippen molar-refractivity contribution in [3.63, 3.8) is 0 Å². The van der Waals surface area contributed by atoms with Crippen molar-refractivity contribution in [1.29, 1.82) is 0 Å². The summed E-state index contributed by atoms with van der Waals surface area (Å²) in [6.07, 6.45) is 2.49. The van der Waals surface area contributed by atoms with Crippen molar-refractivity contribution in [3.05, 3.63) is 0 Å². The van der Waals surface area contributed by atoms with Crippen LogP contribution < -0.4 is 5.73 Å². The highest BCUT2D eigenvalue weighted by Crippen LogP contribution is 2.21. The number of hydrogen-bond acceptors (Lipinski definition) is 3. The Morgan fingerprint density at radius 2 is 2.12 bits per heavy atom. The van der Waals surface area contributed by atoms with Crippen LogP contribution in [0.3, 0.4) is 0 Å². The number of carbonyl (C=O) groups excluding carboxylic acids is 1. The van der Waals surface area contributed by atoms with Gasteiger partial charge in [0.2, 0.25) is 0 Å². The molecular weight excluding hydrogens is 204 g/mol. The first-order chi connectivity index (χ1) is 7.33. The Bertz CT molecular complexity index is 248. The molecule has 0 radical (unpaired) electrons. The first-order valence-corrected chi connectivity index (χ1v) is 6.08. The molecule has 4 nitrogen and oxygen atoms in total. The van der Waals surface area contributed by atoms with Crippen LogP contribution in [0.2, 0.25) is 0 Å². The number of likely N-dealkylation sites (tertiary alicyclic amines) is 1. The maximum Gasteiger partial charge on any atom is 0.410 e. The van der Waals surface area contributed by atoms with Gasteiger partial charge in [-0.3, -0.25) is 0 Å². The fraction of sp³-hybridized carbons (Fsp3) is 0.917. The van der Waals surface area contributed by atoms with Crippen molar-refractivity contribution in [2.45, 2.75) is 64.6 Å². The molecule has 0 saturated carbocycles. The van der Waals surface area contributed by atoms with Gasteiger partial charge in [-0.25, -0.2) is 4.79 Å². The summed E-state index contributed by atoms with van der Waals surface area (Å²) in [5.74, 6) is 0. The molecule has 94 valence electrons. The summed E-state index contributed by atoms with van der Waals surface area (Å²) in [5, 5.41) is 0. The number of rotatable bonds is 1. The predicted octanol–water partition coefficient (Wildman–Crippen LogP) is 2.12. The van der Waals surface area contributed by atoms with Gasteiger partial charge in [-0.15, -0.1) is 0 Å². The molecule has 1 amide bonds. The lowest BCUT2D eigenvalue weighted by Crippen LogP contribution is -2.50. The molecule has 0 aromatic carbocycles. The zero-order valence-corrected chi connectivity index (χ0v) is 10.8. The molecule has 1 fully saturated rings. The van der Waals surface area contributed by atoms with E-state index in [4.69, 9.17) is 10.5 Å². The Balaban J connectivity index is 2.60. The van der Waals surface area contributed by atoms with E-state index in [1.165, 1.54) is 0 Å². The van der Waals surface area contributed by atoms with E-state index < -0.39 is 5.60 Å². The summed E-state index contributed by atoms with van der Waals surface area (Å²) in [7, 11) is 0. The minimum absolute atomic E-state index is 0.203. The van der Waals surface area contributed by atoms with Gasteiger partial charge in [0.1, 0.15) is 5.60 Å². The fourth-order valence-corrected chi connectivity index (χ4v) is 2.03. The molecule has 0 aromatic heterocycles. The molecule has 4 heteroatoms. The average Bonchev–Trinajstić information content (AvgIpc) is 2.14. The maximum atomic E-state index is 12.0. The van der Waals surface area contributed by atoms with Crippen molar-refractivity contribution in [1.82, 2.24) is 4.90 Å². The van der Waals surface area contributed by atoms with E-state index in [9.17, 15) is 4.79 Å². The second kappa shape index (κ2) is 5.04. The summed E-state index contributed by atoms with van der Waals surface area (Å²) in [5.41, 5.74) is 5.49. The van der Waals surface area contributed by atoms with E-state index in [0.29, 0.717) is 6.54 Å². The van der Waals surface area contributed by atoms with Gasteiger partial charge in [0.15, 0.2) is 0 Å². The SMILES string of the molecule is CC[C@@H]1CC(N)CCN1C(=O)OC(C)(C)C. The van der Waals surface area contributed by atoms with Crippen LogP contribution in [0.15, 0.2) is 0 Å². The Kier molecular flexibility index (Phi) is 4.19. The van der Waals surface area contributed by atoms with E-state index in [-0.39, 0.29) is 18.2 Å². The van der Waals surface area contributed by atoms with E-state index in [1.807, 2.05) is 25.7 Å². The van der Waals surface area contributed by atoms with Gasteiger partial charge in [0.05, 0.1) is 0 Å². The van der Waals surface area contributed by atoms with Gasteiger partial charge in [-0.05, 0) is 40.0 Å². The van der Waals surface area contributed by atoms with Crippen LogP contribution in [0.25, 0.3) is 0 Å². The predicted molar refractivity (Wildman–Crippen MR) is 64.2 cm³/mol. The zero-order chi connectivity index (χ0) is 12.3. The molecule has 1 aliphatic heterocycles. The monoisotopic (exact) mass is 228 g/mol. The summed E-state index contributed by atoms with van der Waals surface area (Å²) in [4.78, 5) is 13.8. The molecule has 0 bridgehead atoms. The lowest BCUT2D eigenvalue weighted by atomic mass is 9.96. The Hall–Kier alpha value is -0.770. The van der Waals surface area contributed by atoms with Crippen molar-refractivity contribution in [3.8, 4) is 0 Å². The molecule has 0 aromatic rings. The lowest BCUT2D eigenvalue weighted by molar-refractivity contribution is 0.00790. The van der Waals surface area contributed by atoms with Crippen LogP contribution in [0.4, 0.5) is 4.79 Å². The quantitative estimate of drug-likeness (QED) is 0.748. The molecule has 1 unspecified atom stereocenters. The first-order valence-electron chi connectivity index (χ1n) is 6.08. The summed E-state index contributed by atoms with van der Waals surface area (Å²) < 4.78 is 5.39. The van der Waals surface area contributed by atoms with Crippen LogP contribution in [-0.2, 0) is 4.74 Å². The van der Waals surface area contributed by atoms with Crippen LogP contribution in [-0.4, -0.2) is 35.2 Å².